The number of halogens is 2. The number of nitrogens with zero attached hydrogens (tertiary/aromatic N) is 3. The number of nitrogens with one attached hydrogen (secondary N) is 1. The Hall–Kier alpha value is -4.29. The Morgan fingerprint density at radius 3 is 2.36 bits per heavy atom. The summed E-state index contributed by atoms with van der Waals surface area (Å²) >= 11 is 0. The molecule has 0 radical (unpaired) electrons. The Bertz CT molecular complexity index is 1660. The summed E-state index contributed by atoms with van der Waals surface area (Å²) in [5, 5.41) is 2.81. The number of hydrogen-bond acceptors (Lipinski definition) is 9. The molecule has 1 N–H and O–H groups in total. The number of esters is 1. The van der Waals surface area contributed by atoms with E-state index in [9.17, 15) is 14.4 Å². The number of ether oxygens (including phenoxy) is 4. The number of carbonyl (C=O) groups excluding carboxylic acids is 3. The van der Waals surface area contributed by atoms with Crippen LogP contribution in [0.1, 0.15) is 80.3 Å². The van der Waals surface area contributed by atoms with Crippen LogP contribution < -0.4 is 14.8 Å². The van der Waals surface area contributed by atoms with Gasteiger partial charge in [-0.25, -0.2) is 19.6 Å². The molecule has 13 heteroatoms. The number of carbonyl (C=O) groups is 3. The largest absolute Gasteiger partial charge is 0.497 e. The third-order valence-electron chi connectivity index (χ3n) is 10.5. The number of rotatable bonds is 14. The van der Waals surface area contributed by atoms with E-state index in [0.717, 1.165) is 12.8 Å². The minimum Gasteiger partial charge on any atom is -0.497 e. The van der Waals surface area contributed by atoms with Crippen LogP contribution in [-0.4, -0.2) is 77.4 Å². The first-order valence-corrected chi connectivity index (χ1v) is 18.4. The minimum atomic E-state index is -3.62. The maximum Gasteiger partial charge on any atom is 0.408 e. The highest BCUT2D eigenvalue weighted by Crippen LogP contribution is 2.42. The maximum absolute atomic E-state index is 15.3. The van der Waals surface area contributed by atoms with Crippen molar-refractivity contribution >= 4 is 29.0 Å². The van der Waals surface area contributed by atoms with Gasteiger partial charge in [0.15, 0.2) is 5.69 Å². The van der Waals surface area contributed by atoms with Gasteiger partial charge in [-0.1, -0.05) is 68.0 Å². The molecule has 1 aromatic carbocycles. The maximum atomic E-state index is 15.3. The van der Waals surface area contributed by atoms with Gasteiger partial charge >= 0.3 is 18.0 Å². The van der Waals surface area contributed by atoms with E-state index in [-0.39, 0.29) is 42.1 Å². The highest BCUT2D eigenvalue weighted by atomic mass is 19.3. The summed E-state index contributed by atoms with van der Waals surface area (Å²) in [5.41, 5.74) is -1.17. The predicted molar refractivity (Wildman–Crippen MR) is 198 cm³/mol. The van der Waals surface area contributed by atoms with Gasteiger partial charge in [0.1, 0.15) is 30.0 Å². The number of aromatic nitrogens is 2. The third kappa shape index (κ3) is 9.45. The third-order valence-corrected chi connectivity index (χ3v) is 10.5. The molecule has 8 atom stereocenters. The standard InChI is InChI=1S/C40H56F2N4O7/c1-12-14-15-27-24(6)23(5)18-30(27)53-38(49)45-34(39(8,9)10)36(47)46-20-31(25(7)32(46)37(48)51-21-22(3)4)52-35-33(40(41,42)13-2)43-28-17-16-26(50-11)19-29(28)44-35/h12-13,16-17,19,22-25,27,30-32,34H,1-2,14-15,18,20-21H2,3-11H3,(H,45,49)/t23-,24-,25+,27+,30+,31-,32-,34+/m0/s1. The number of fused-ring (bicyclic) bond motifs is 1. The molecular formula is C40H56F2N4O7. The number of amides is 2. The number of methoxy groups -OCH3 is 1. The van der Waals surface area contributed by atoms with Gasteiger partial charge in [0, 0.05) is 12.0 Å². The van der Waals surface area contributed by atoms with E-state index >= 15 is 8.78 Å². The zero-order valence-electron chi connectivity index (χ0n) is 32.5. The summed E-state index contributed by atoms with van der Waals surface area (Å²) in [6.07, 6.45) is 2.58. The Morgan fingerprint density at radius 1 is 1.06 bits per heavy atom. The van der Waals surface area contributed by atoms with E-state index in [4.69, 9.17) is 18.9 Å². The molecule has 2 heterocycles. The molecule has 2 fully saturated rings. The Kier molecular flexibility index (Phi) is 13.1. The first kappa shape index (κ1) is 41.5. The molecule has 1 aliphatic heterocycles. The lowest BCUT2D eigenvalue weighted by molar-refractivity contribution is -0.156. The Balaban J connectivity index is 1.67. The molecule has 53 heavy (non-hydrogen) atoms. The first-order chi connectivity index (χ1) is 24.8. The highest BCUT2D eigenvalue weighted by Gasteiger charge is 2.52. The number of hydrogen-bond donors (Lipinski definition) is 1. The van der Waals surface area contributed by atoms with Crippen LogP contribution in [0.5, 0.6) is 11.6 Å². The second kappa shape index (κ2) is 16.8. The topological polar surface area (TPSA) is 129 Å². The summed E-state index contributed by atoms with van der Waals surface area (Å²) in [5.74, 6) is -4.80. The molecule has 4 rings (SSSR count). The van der Waals surface area contributed by atoms with Crippen molar-refractivity contribution in [2.24, 2.45) is 35.0 Å². The predicted octanol–water partition coefficient (Wildman–Crippen LogP) is 7.48. The fraction of sp³-hybridized carbons (Fsp3) is 0.625. The van der Waals surface area contributed by atoms with Gasteiger partial charge in [0.05, 0.1) is 31.3 Å². The van der Waals surface area contributed by atoms with Crippen molar-refractivity contribution in [3.05, 3.63) is 49.2 Å². The number of benzene rings is 1. The lowest BCUT2D eigenvalue weighted by Gasteiger charge is -2.35. The molecule has 0 spiro atoms. The average molecular weight is 743 g/mol. The highest BCUT2D eigenvalue weighted by molar-refractivity contribution is 5.91. The molecule has 2 amide bonds. The van der Waals surface area contributed by atoms with Gasteiger partial charge in [-0.15, -0.1) is 6.58 Å². The van der Waals surface area contributed by atoms with Crippen LogP contribution in [0, 0.1) is 35.0 Å². The van der Waals surface area contributed by atoms with Crippen molar-refractivity contribution in [2.45, 2.75) is 105 Å². The molecule has 1 aromatic heterocycles. The van der Waals surface area contributed by atoms with Crippen LogP contribution in [0.15, 0.2) is 43.5 Å². The van der Waals surface area contributed by atoms with Crippen molar-refractivity contribution in [2.75, 3.05) is 20.3 Å². The van der Waals surface area contributed by atoms with E-state index in [1.807, 2.05) is 19.9 Å². The number of alkyl halides is 2. The molecule has 2 aromatic rings. The summed E-state index contributed by atoms with van der Waals surface area (Å²) in [6, 6.07) is 2.34. The van der Waals surface area contributed by atoms with Crippen LogP contribution in [0.25, 0.3) is 11.0 Å². The summed E-state index contributed by atoms with van der Waals surface area (Å²) in [7, 11) is 1.46. The average Bonchev–Trinajstić information content (AvgIpc) is 3.56. The van der Waals surface area contributed by atoms with Crippen LogP contribution in [-0.2, 0) is 25.0 Å². The van der Waals surface area contributed by atoms with E-state index in [1.165, 1.54) is 24.1 Å². The quantitative estimate of drug-likeness (QED) is 0.155. The van der Waals surface area contributed by atoms with Crippen LogP contribution in [0.3, 0.4) is 0 Å². The zero-order valence-corrected chi connectivity index (χ0v) is 32.5. The minimum absolute atomic E-state index is 0.00973. The van der Waals surface area contributed by atoms with E-state index < -0.39 is 65.0 Å². The van der Waals surface area contributed by atoms with Crippen LogP contribution in [0.2, 0.25) is 0 Å². The van der Waals surface area contributed by atoms with Gasteiger partial charge in [-0.3, -0.25) is 4.79 Å². The van der Waals surface area contributed by atoms with Crippen molar-refractivity contribution in [1.82, 2.24) is 20.2 Å². The molecule has 11 nitrogen and oxygen atoms in total. The van der Waals surface area contributed by atoms with Crippen molar-refractivity contribution in [1.29, 1.82) is 0 Å². The molecule has 292 valence electrons. The van der Waals surface area contributed by atoms with Crippen molar-refractivity contribution < 1.29 is 42.1 Å². The molecular weight excluding hydrogens is 686 g/mol. The lowest BCUT2D eigenvalue weighted by atomic mass is 9.85. The molecule has 1 aliphatic carbocycles. The second-order valence-corrected chi connectivity index (χ2v) is 16.0. The smallest absolute Gasteiger partial charge is 0.408 e. The van der Waals surface area contributed by atoms with E-state index in [2.05, 4.69) is 42.3 Å². The second-order valence-electron chi connectivity index (χ2n) is 16.0. The SMILES string of the molecule is C=CCC[C@@H]1[C@@H](C)[C@@H](C)C[C@H]1OC(=O)N[C@H](C(=O)N1C[C@H](Oc2nc3cc(OC)ccc3nc2C(F)(F)C=C)[C@@H](C)[C@H]1C(=O)OCC(C)C)C(C)(C)C. The number of likely N-dealkylation sites (tertiary alicyclic amines) is 1. The Labute approximate surface area is 311 Å². The monoisotopic (exact) mass is 742 g/mol. The van der Waals surface area contributed by atoms with E-state index in [0.29, 0.717) is 30.1 Å². The molecule has 1 saturated carbocycles. The molecule has 1 saturated heterocycles. The first-order valence-electron chi connectivity index (χ1n) is 18.4. The lowest BCUT2D eigenvalue weighted by Crippen LogP contribution is -2.57. The van der Waals surface area contributed by atoms with Gasteiger partial charge in [0.25, 0.3) is 0 Å². The van der Waals surface area contributed by atoms with Gasteiger partial charge < -0.3 is 29.2 Å². The van der Waals surface area contributed by atoms with E-state index in [1.54, 1.807) is 33.8 Å². The Morgan fingerprint density at radius 2 is 1.75 bits per heavy atom. The number of allylic oxidation sites excluding steroid dienone is 2. The summed E-state index contributed by atoms with van der Waals surface area (Å²) in [6.45, 7) is 22.2. The van der Waals surface area contributed by atoms with Gasteiger partial charge in [-0.05, 0) is 66.6 Å². The zero-order chi connectivity index (χ0) is 39.4. The number of alkyl carbamates (subject to hydrolysis) is 1. The van der Waals surface area contributed by atoms with Gasteiger partial charge in [-0.2, -0.15) is 8.78 Å². The van der Waals surface area contributed by atoms with Crippen LogP contribution in [0.4, 0.5) is 13.6 Å². The molecule has 0 bridgehead atoms. The normalized spacial score (nSPS) is 25.2. The van der Waals surface area contributed by atoms with Crippen molar-refractivity contribution in [3.8, 4) is 11.6 Å². The molecule has 2 aliphatic rings. The van der Waals surface area contributed by atoms with Crippen LogP contribution >= 0.6 is 0 Å². The fourth-order valence-electron chi connectivity index (χ4n) is 7.21. The summed E-state index contributed by atoms with van der Waals surface area (Å²) in [4.78, 5) is 51.8. The fourth-order valence-corrected chi connectivity index (χ4v) is 7.21. The molecule has 0 unspecified atom stereocenters. The summed E-state index contributed by atoms with van der Waals surface area (Å²) < 4.78 is 53.7. The van der Waals surface area contributed by atoms with Gasteiger partial charge in [0.2, 0.25) is 11.8 Å². The van der Waals surface area contributed by atoms with Crippen molar-refractivity contribution in [3.63, 3.8) is 0 Å².